The Kier molecular flexibility index (Phi) is 7.98. The smallest absolute Gasteiger partial charge is 0.318 e. The Hall–Kier alpha value is -4.16. The Morgan fingerprint density at radius 3 is 2.71 bits per heavy atom. The summed E-state index contributed by atoms with van der Waals surface area (Å²) in [6, 6.07) is 17.7. The SMILES string of the molecule is C=CC(=O)N1CCN(c2nc(OC[C@@H]3C[C@@H](C)CN3C)nc3c2CCN(c2cccc4ccccc24)C3)CC1CC#N. The number of benzene rings is 2. The summed E-state index contributed by atoms with van der Waals surface area (Å²) in [4.78, 5) is 31.3. The summed E-state index contributed by atoms with van der Waals surface area (Å²) < 4.78 is 6.33. The Labute approximate surface area is 248 Å². The second-order valence-corrected chi connectivity index (χ2v) is 11.9. The minimum Gasteiger partial charge on any atom is -0.462 e. The molecule has 0 bridgehead atoms. The van der Waals surface area contributed by atoms with Crippen molar-refractivity contribution in [3.8, 4) is 12.1 Å². The fraction of sp³-hybridized carbons (Fsp3) is 0.455. The molecule has 6 rings (SSSR count). The predicted molar refractivity (Wildman–Crippen MR) is 165 cm³/mol. The Morgan fingerprint density at radius 1 is 1.10 bits per heavy atom. The van der Waals surface area contributed by atoms with Gasteiger partial charge in [-0.25, -0.2) is 0 Å². The molecule has 9 nitrogen and oxygen atoms in total. The molecule has 0 aliphatic carbocycles. The van der Waals surface area contributed by atoms with Crippen LogP contribution in [0.25, 0.3) is 10.8 Å². The number of hydrogen-bond acceptors (Lipinski definition) is 8. The number of nitriles is 1. The van der Waals surface area contributed by atoms with E-state index in [0.717, 1.165) is 43.0 Å². The van der Waals surface area contributed by atoms with Crippen LogP contribution in [-0.4, -0.2) is 84.1 Å². The summed E-state index contributed by atoms with van der Waals surface area (Å²) in [6.45, 7) is 10.7. The van der Waals surface area contributed by atoms with E-state index < -0.39 is 0 Å². The van der Waals surface area contributed by atoms with Gasteiger partial charge < -0.3 is 19.4 Å². The molecule has 3 atom stereocenters. The molecule has 1 amide bonds. The first-order chi connectivity index (χ1) is 20.4. The van der Waals surface area contributed by atoms with E-state index in [1.165, 1.54) is 22.5 Å². The number of carbonyl (C=O) groups excluding carboxylic acids is 1. The van der Waals surface area contributed by atoms with Gasteiger partial charge in [0.05, 0.1) is 30.8 Å². The predicted octanol–water partition coefficient (Wildman–Crippen LogP) is 4.03. The number of carbonyl (C=O) groups is 1. The molecule has 4 heterocycles. The number of fused-ring (bicyclic) bond motifs is 2. The molecule has 2 aromatic carbocycles. The van der Waals surface area contributed by atoms with Gasteiger partial charge in [-0.05, 0) is 43.3 Å². The zero-order chi connectivity index (χ0) is 29.2. The van der Waals surface area contributed by atoms with Gasteiger partial charge >= 0.3 is 6.01 Å². The fourth-order valence-corrected chi connectivity index (χ4v) is 6.87. The molecule has 0 saturated carbocycles. The van der Waals surface area contributed by atoms with E-state index in [1.807, 2.05) is 0 Å². The van der Waals surface area contributed by atoms with Crippen LogP contribution in [0, 0.1) is 17.2 Å². The number of likely N-dealkylation sites (N-methyl/N-ethyl adjacent to an activating group) is 1. The van der Waals surface area contributed by atoms with Gasteiger partial charge in [0, 0.05) is 55.4 Å². The van der Waals surface area contributed by atoms with Gasteiger partial charge in [-0.3, -0.25) is 9.69 Å². The van der Waals surface area contributed by atoms with Gasteiger partial charge in [0.1, 0.15) is 12.4 Å². The summed E-state index contributed by atoms with van der Waals surface area (Å²) in [5.74, 6) is 1.38. The Morgan fingerprint density at radius 2 is 1.93 bits per heavy atom. The van der Waals surface area contributed by atoms with Crippen LogP contribution in [0.1, 0.15) is 31.0 Å². The highest BCUT2D eigenvalue weighted by atomic mass is 16.5. The Balaban J connectivity index is 1.32. The molecule has 1 aromatic heterocycles. The summed E-state index contributed by atoms with van der Waals surface area (Å²) in [7, 11) is 2.15. The standard InChI is InChI=1S/C33H39N7O2/c1-4-31(41)40-17-16-39(20-25(40)12-14-34)32-28-13-15-38(30-11-7-9-24-8-5-6-10-27(24)30)21-29(28)35-33(36-32)42-22-26-18-23(2)19-37(26)3/h4-11,23,25-26H,1,12-13,15-22H2,2-3H3/t23-,25?,26+/m1/s1. The zero-order valence-corrected chi connectivity index (χ0v) is 24.6. The number of piperazine rings is 1. The zero-order valence-electron chi connectivity index (χ0n) is 24.6. The highest BCUT2D eigenvalue weighted by molar-refractivity contribution is 5.94. The molecule has 3 aromatic rings. The van der Waals surface area contributed by atoms with E-state index in [-0.39, 0.29) is 18.4 Å². The van der Waals surface area contributed by atoms with Gasteiger partial charge in [-0.15, -0.1) is 0 Å². The number of anilines is 2. The molecule has 42 heavy (non-hydrogen) atoms. The number of aromatic nitrogens is 2. The molecule has 1 unspecified atom stereocenters. The van der Waals surface area contributed by atoms with Crippen molar-refractivity contribution in [2.75, 3.05) is 56.2 Å². The van der Waals surface area contributed by atoms with Gasteiger partial charge in [-0.1, -0.05) is 49.9 Å². The first-order valence-electron chi connectivity index (χ1n) is 15.0. The van der Waals surface area contributed by atoms with E-state index >= 15 is 0 Å². The molecule has 0 radical (unpaired) electrons. The topological polar surface area (TPSA) is 88.8 Å². The number of amides is 1. The first-order valence-corrected chi connectivity index (χ1v) is 15.0. The van der Waals surface area contributed by atoms with Gasteiger partial charge in [-0.2, -0.15) is 15.2 Å². The fourth-order valence-electron chi connectivity index (χ4n) is 6.87. The van der Waals surface area contributed by atoms with Crippen molar-refractivity contribution in [2.24, 2.45) is 5.92 Å². The molecule has 3 aliphatic heterocycles. The normalized spacial score (nSPS) is 22.6. The summed E-state index contributed by atoms with van der Waals surface area (Å²) >= 11 is 0. The Bertz CT molecular complexity index is 1510. The lowest BCUT2D eigenvalue weighted by atomic mass is 10.0. The minimum absolute atomic E-state index is 0.135. The van der Waals surface area contributed by atoms with Crippen LogP contribution in [0.2, 0.25) is 0 Å². The lowest BCUT2D eigenvalue weighted by Crippen LogP contribution is -2.55. The van der Waals surface area contributed by atoms with Crippen LogP contribution in [0.15, 0.2) is 55.1 Å². The van der Waals surface area contributed by atoms with Crippen molar-refractivity contribution in [3.63, 3.8) is 0 Å². The van der Waals surface area contributed by atoms with Crippen molar-refractivity contribution in [1.82, 2.24) is 19.8 Å². The summed E-state index contributed by atoms with van der Waals surface area (Å²) in [5, 5.41) is 12.0. The largest absolute Gasteiger partial charge is 0.462 e. The molecular weight excluding hydrogens is 526 g/mol. The van der Waals surface area contributed by atoms with E-state index in [0.29, 0.717) is 50.8 Å². The van der Waals surface area contributed by atoms with Crippen molar-refractivity contribution in [3.05, 3.63) is 66.4 Å². The van der Waals surface area contributed by atoms with Crippen LogP contribution >= 0.6 is 0 Å². The van der Waals surface area contributed by atoms with Crippen LogP contribution in [0.3, 0.4) is 0 Å². The van der Waals surface area contributed by atoms with Gasteiger partial charge in [0.15, 0.2) is 0 Å². The molecule has 218 valence electrons. The maximum Gasteiger partial charge on any atom is 0.318 e. The van der Waals surface area contributed by atoms with Gasteiger partial charge in [0.2, 0.25) is 5.91 Å². The second kappa shape index (κ2) is 12.0. The number of rotatable bonds is 7. The highest BCUT2D eigenvalue weighted by Crippen LogP contribution is 2.35. The number of ether oxygens (including phenoxy) is 1. The quantitative estimate of drug-likeness (QED) is 0.397. The van der Waals surface area contributed by atoms with Crippen LogP contribution < -0.4 is 14.5 Å². The van der Waals surface area contributed by atoms with Crippen molar-refractivity contribution >= 4 is 28.2 Å². The van der Waals surface area contributed by atoms with E-state index in [9.17, 15) is 10.1 Å². The van der Waals surface area contributed by atoms with Crippen LogP contribution in [0.4, 0.5) is 11.5 Å². The second-order valence-electron chi connectivity index (χ2n) is 11.9. The van der Waals surface area contributed by atoms with Crippen LogP contribution in [-0.2, 0) is 17.8 Å². The monoisotopic (exact) mass is 565 g/mol. The minimum atomic E-state index is -0.228. The first kappa shape index (κ1) is 28.0. The average molecular weight is 566 g/mol. The molecule has 0 N–H and O–H groups in total. The third-order valence-corrected chi connectivity index (χ3v) is 9.00. The third-order valence-electron chi connectivity index (χ3n) is 9.00. The van der Waals surface area contributed by atoms with Crippen molar-refractivity contribution < 1.29 is 9.53 Å². The van der Waals surface area contributed by atoms with Gasteiger partial charge in [0.25, 0.3) is 0 Å². The average Bonchev–Trinajstić information content (AvgIpc) is 3.34. The summed E-state index contributed by atoms with van der Waals surface area (Å²) in [6.07, 6.45) is 3.49. The van der Waals surface area contributed by atoms with Crippen LogP contribution in [0.5, 0.6) is 6.01 Å². The number of likely N-dealkylation sites (tertiary alicyclic amines) is 1. The maximum absolute atomic E-state index is 12.5. The molecule has 2 fully saturated rings. The lowest BCUT2D eigenvalue weighted by molar-refractivity contribution is -0.128. The number of nitrogens with zero attached hydrogens (tertiary/aromatic N) is 7. The molecule has 0 spiro atoms. The number of hydrogen-bond donors (Lipinski definition) is 0. The maximum atomic E-state index is 12.5. The van der Waals surface area contributed by atoms with Crippen molar-refractivity contribution in [2.45, 2.75) is 44.8 Å². The highest BCUT2D eigenvalue weighted by Gasteiger charge is 2.34. The van der Waals surface area contributed by atoms with E-state index in [1.54, 1.807) is 4.90 Å². The molecule has 2 saturated heterocycles. The summed E-state index contributed by atoms with van der Waals surface area (Å²) in [5.41, 5.74) is 3.31. The molecule has 9 heteroatoms. The molecule has 3 aliphatic rings. The van der Waals surface area contributed by atoms with Crippen molar-refractivity contribution in [1.29, 1.82) is 5.26 Å². The lowest BCUT2D eigenvalue weighted by Gasteiger charge is -2.42. The van der Waals surface area contributed by atoms with E-state index in [4.69, 9.17) is 14.7 Å². The molecular formula is C33H39N7O2. The third kappa shape index (κ3) is 5.51. The van der Waals surface area contributed by atoms with E-state index in [2.05, 4.69) is 83.8 Å².